The van der Waals surface area contributed by atoms with Gasteiger partial charge in [0, 0.05) is 42.8 Å². The molecule has 2 N–H and O–H groups in total. The van der Waals surface area contributed by atoms with Crippen molar-refractivity contribution >= 4 is 29.3 Å². The van der Waals surface area contributed by atoms with E-state index >= 15 is 0 Å². The average Bonchev–Trinajstić information content (AvgIpc) is 2.71. The molecule has 1 aliphatic rings. The van der Waals surface area contributed by atoms with Crippen molar-refractivity contribution in [2.75, 3.05) is 32.7 Å². The van der Waals surface area contributed by atoms with E-state index in [9.17, 15) is 14.4 Å². The van der Waals surface area contributed by atoms with E-state index in [0.29, 0.717) is 43.3 Å². The normalized spacial score (nSPS) is 16.8. The largest absolute Gasteiger partial charge is 0.353 e. The molecule has 0 aromatic heterocycles. The van der Waals surface area contributed by atoms with Gasteiger partial charge in [-0.1, -0.05) is 31.9 Å². The van der Waals surface area contributed by atoms with Crippen LogP contribution in [0.5, 0.6) is 0 Å². The van der Waals surface area contributed by atoms with Gasteiger partial charge in [0.15, 0.2) is 0 Å². The molecule has 1 fully saturated rings. The van der Waals surface area contributed by atoms with Crippen LogP contribution in [-0.4, -0.2) is 72.3 Å². The summed E-state index contributed by atoms with van der Waals surface area (Å²) in [4.78, 5) is 41.6. The highest BCUT2D eigenvalue weighted by Crippen LogP contribution is 2.15. The molecule has 7 nitrogen and oxygen atoms in total. The molecule has 3 amide bonds. The number of hydrogen-bond donors (Lipinski definition) is 2. The van der Waals surface area contributed by atoms with Gasteiger partial charge in [-0.05, 0) is 44.0 Å². The Hall–Kier alpha value is -2.12. The third kappa shape index (κ3) is 6.99. The van der Waals surface area contributed by atoms with Crippen LogP contribution in [0.15, 0.2) is 24.3 Å². The van der Waals surface area contributed by atoms with E-state index in [1.807, 2.05) is 32.6 Å². The zero-order valence-corrected chi connectivity index (χ0v) is 19.0. The van der Waals surface area contributed by atoms with Crippen LogP contribution in [0.3, 0.4) is 0 Å². The van der Waals surface area contributed by atoms with Crippen molar-refractivity contribution in [1.82, 2.24) is 20.4 Å². The van der Waals surface area contributed by atoms with Crippen molar-refractivity contribution in [3.8, 4) is 0 Å². The molecule has 30 heavy (non-hydrogen) atoms. The summed E-state index contributed by atoms with van der Waals surface area (Å²) >= 11 is 5.89. The number of amides is 3. The molecule has 1 aromatic rings. The number of nitrogens with one attached hydrogen (secondary N) is 2. The second-order valence-electron chi connectivity index (χ2n) is 8.17. The van der Waals surface area contributed by atoms with Gasteiger partial charge in [0.2, 0.25) is 11.8 Å². The molecule has 0 radical (unpaired) electrons. The van der Waals surface area contributed by atoms with E-state index in [2.05, 4.69) is 10.6 Å². The fourth-order valence-corrected chi connectivity index (χ4v) is 3.53. The molecule has 166 valence electrons. The van der Waals surface area contributed by atoms with Crippen molar-refractivity contribution in [3.63, 3.8) is 0 Å². The third-order valence-corrected chi connectivity index (χ3v) is 5.62. The maximum atomic E-state index is 13.2. The Labute approximate surface area is 184 Å². The zero-order valence-electron chi connectivity index (χ0n) is 18.3. The van der Waals surface area contributed by atoms with Gasteiger partial charge < -0.3 is 15.5 Å². The Morgan fingerprint density at radius 2 is 1.60 bits per heavy atom. The van der Waals surface area contributed by atoms with Crippen LogP contribution < -0.4 is 10.6 Å². The highest BCUT2D eigenvalue weighted by molar-refractivity contribution is 6.30. The first-order valence-electron chi connectivity index (χ1n) is 10.6. The molecule has 2 atom stereocenters. The zero-order chi connectivity index (χ0) is 22.3. The summed E-state index contributed by atoms with van der Waals surface area (Å²) < 4.78 is 0. The Morgan fingerprint density at radius 3 is 2.13 bits per heavy atom. The number of piperazine rings is 1. The predicted octanol–water partition coefficient (Wildman–Crippen LogP) is 2.15. The second kappa shape index (κ2) is 11.3. The lowest BCUT2D eigenvalue weighted by molar-refractivity contribution is -0.136. The van der Waals surface area contributed by atoms with Crippen molar-refractivity contribution in [3.05, 3.63) is 34.9 Å². The predicted molar refractivity (Wildman–Crippen MR) is 118 cm³/mol. The first-order chi connectivity index (χ1) is 14.2. The van der Waals surface area contributed by atoms with Gasteiger partial charge in [-0.25, -0.2) is 0 Å². The highest BCUT2D eigenvalue weighted by Gasteiger charge is 2.32. The van der Waals surface area contributed by atoms with Crippen LogP contribution in [-0.2, 0) is 9.59 Å². The summed E-state index contributed by atoms with van der Waals surface area (Å²) in [5.41, 5.74) is 0.474. The number of halogens is 1. The smallest absolute Gasteiger partial charge is 0.251 e. The molecule has 1 heterocycles. The maximum Gasteiger partial charge on any atom is 0.251 e. The first-order valence-corrected chi connectivity index (χ1v) is 11.0. The third-order valence-electron chi connectivity index (χ3n) is 5.37. The van der Waals surface area contributed by atoms with E-state index in [-0.39, 0.29) is 29.7 Å². The summed E-state index contributed by atoms with van der Waals surface area (Å²) in [7, 11) is 0. The summed E-state index contributed by atoms with van der Waals surface area (Å²) in [6.07, 6.45) is 0.770. The lowest BCUT2D eigenvalue weighted by atomic mass is 9.97. The maximum absolute atomic E-state index is 13.2. The number of carbonyl (C=O) groups excluding carboxylic acids is 3. The van der Waals surface area contributed by atoms with Crippen LogP contribution in [0.4, 0.5) is 0 Å². The number of benzene rings is 1. The van der Waals surface area contributed by atoms with Crippen LogP contribution in [0.1, 0.15) is 44.5 Å². The number of rotatable bonds is 8. The minimum Gasteiger partial charge on any atom is -0.353 e. The fraction of sp³-hybridized carbons (Fsp3) is 0.591. The van der Waals surface area contributed by atoms with Crippen molar-refractivity contribution < 1.29 is 14.4 Å². The van der Waals surface area contributed by atoms with Gasteiger partial charge in [0.25, 0.3) is 5.91 Å². The van der Waals surface area contributed by atoms with E-state index in [1.54, 1.807) is 29.2 Å². The molecule has 0 spiro atoms. The summed E-state index contributed by atoms with van der Waals surface area (Å²) in [5.74, 6) is -0.353. The molecule has 1 aromatic carbocycles. The van der Waals surface area contributed by atoms with Crippen LogP contribution in [0.25, 0.3) is 0 Å². The van der Waals surface area contributed by atoms with Gasteiger partial charge in [0.05, 0.1) is 6.54 Å². The monoisotopic (exact) mass is 436 g/mol. The Morgan fingerprint density at radius 1 is 1.00 bits per heavy atom. The van der Waals surface area contributed by atoms with E-state index in [1.165, 1.54) is 0 Å². The summed E-state index contributed by atoms with van der Waals surface area (Å²) in [6, 6.07) is 6.14. The molecule has 8 heteroatoms. The van der Waals surface area contributed by atoms with E-state index in [0.717, 1.165) is 6.42 Å². The minimum atomic E-state index is -0.589. The lowest BCUT2D eigenvalue weighted by Crippen LogP contribution is -2.57. The van der Waals surface area contributed by atoms with Gasteiger partial charge in [-0.3, -0.25) is 19.3 Å². The highest BCUT2D eigenvalue weighted by atomic mass is 35.5. The van der Waals surface area contributed by atoms with Crippen molar-refractivity contribution in [2.45, 2.75) is 46.2 Å². The summed E-state index contributed by atoms with van der Waals surface area (Å²) in [6.45, 7) is 10.5. The Kier molecular flexibility index (Phi) is 9.11. The minimum absolute atomic E-state index is 0.00233. The SMILES string of the molecule is CCC(C)C(NC(=O)c1ccc(Cl)cc1)C(=O)N1CCN(CC(=O)NC(C)C)CC1. The fourth-order valence-electron chi connectivity index (χ4n) is 3.40. The topological polar surface area (TPSA) is 81.8 Å². The molecular weight excluding hydrogens is 404 g/mol. The Bertz CT molecular complexity index is 730. The molecule has 2 unspecified atom stereocenters. The molecule has 1 aliphatic heterocycles. The number of hydrogen-bond acceptors (Lipinski definition) is 4. The molecule has 1 saturated heterocycles. The van der Waals surface area contributed by atoms with Gasteiger partial charge in [-0.2, -0.15) is 0 Å². The lowest BCUT2D eigenvalue weighted by Gasteiger charge is -2.37. The Balaban J connectivity index is 1.96. The molecule has 0 bridgehead atoms. The number of carbonyl (C=O) groups is 3. The van der Waals surface area contributed by atoms with Crippen molar-refractivity contribution in [2.24, 2.45) is 5.92 Å². The standard InChI is InChI=1S/C22H33ClN4O3/c1-5-16(4)20(25-21(29)17-6-8-18(23)9-7-17)22(30)27-12-10-26(11-13-27)14-19(28)24-15(2)3/h6-9,15-16,20H,5,10-14H2,1-4H3,(H,24,28)(H,25,29). The summed E-state index contributed by atoms with van der Waals surface area (Å²) in [5, 5.41) is 6.36. The van der Waals surface area contributed by atoms with Crippen LogP contribution in [0, 0.1) is 5.92 Å². The van der Waals surface area contributed by atoms with Crippen LogP contribution in [0.2, 0.25) is 5.02 Å². The van der Waals surface area contributed by atoms with Gasteiger partial charge in [-0.15, -0.1) is 0 Å². The van der Waals surface area contributed by atoms with E-state index < -0.39 is 6.04 Å². The first kappa shape index (κ1) is 24.2. The van der Waals surface area contributed by atoms with E-state index in [4.69, 9.17) is 11.6 Å². The quantitative estimate of drug-likeness (QED) is 0.654. The van der Waals surface area contributed by atoms with Crippen molar-refractivity contribution in [1.29, 1.82) is 0 Å². The average molecular weight is 437 g/mol. The molecule has 0 saturated carbocycles. The second-order valence-corrected chi connectivity index (χ2v) is 8.60. The molecule has 2 rings (SSSR count). The van der Waals surface area contributed by atoms with Crippen LogP contribution >= 0.6 is 11.6 Å². The number of nitrogens with zero attached hydrogens (tertiary/aromatic N) is 2. The molecule has 0 aliphatic carbocycles. The molecular formula is C22H33ClN4O3. The van der Waals surface area contributed by atoms with Gasteiger partial charge >= 0.3 is 0 Å². The van der Waals surface area contributed by atoms with Gasteiger partial charge in [0.1, 0.15) is 6.04 Å².